The van der Waals surface area contributed by atoms with Crippen molar-refractivity contribution in [3.63, 3.8) is 0 Å². The van der Waals surface area contributed by atoms with Gasteiger partial charge in [0.25, 0.3) is 0 Å². The molecule has 1 atom stereocenters. The second-order valence-electron chi connectivity index (χ2n) is 3.67. The van der Waals surface area contributed by atoms with Crippen molar-refractivity contribution in [2.75, 3.05) is 0 Å². The molecule has 0 saturated heterocycles. The Bertz CT molecular complexity index is 483. The Balaban J connectivity index is 2.13. The van der Waals surface area contributed by atoms with Gasteiger partial charge in [0, 0.05) is 18.3 Å². The fourth-order valence-corrected chi connectivity index (χ4v) is 2.95. The van der Waals surface area contributed by atoms with Crippen molar-refractivity contribution < 1.29 is 5.11 Å². The number of aliphatic hydroxyl groups is 1. The largest absolute Gasteiger partial charge is 0.388 e. The van der Waals surface area contributed by atoms with Crippen LogP contribution in [0.1, 0.15) is 22.9 Å². The SMILES string of the molecule is Cc1cccnc1CC(O)c1csc(I)c1. The van der Waals surface area contributed by atoms with Gasteiger partial charge >= 0.3 is 0 Å². The maximum atomic E-state index is 10.1. The molecule has 2 rings (SSSR count). The fourth-order valence-electron chi connectivity index (χ4n) is 1.53. The zero-order chi connectivity index (χ0) is 11.5. The van der Waals surface area contributed by atoms with E-state index < -0.39 is 6.10 Å². The lowest BCUT2D eigenvalue weighted by Crippen LogP contribution is -2.03. The van der Waals surface area contributed by atoms with Crippen LogP contribution in [0, 0.1) is 9.81 Å². The summed E-state index contributed by atoms with van der Waals surface area (Å²) in [6.07, 6.45) is 1.90. The highest BCUT2D eigenvalue weighted by molar-refractivity contribution is 14.1. The van der Waals surface area contributed by atoms with Crippen LogP contribution in [-0.2, 0) is 6.42 Å². The van der Waals surface area contributed by atoms with Crippen LogP contribution in [0.3, 0.4) is 0 Å². The molecular formula is C12H12INOS. The van der Waals surface area contributed by atoms with Gasteiger partial charge in [-0.05, 0) is 58.2 Å². The molecule has 16 heavy (non-hydrogen) atoms. The van der Waals surface area contributed by atoms with Crippen LogP contribution in [0.2, 0.25) is 0 Å². The molecule has 84 valence electrons. The molecule has 0 bridgehead atoms. The molecule has 0 saturated carbocycles. The molecule has 0 fully saturated rings. The van der Waals surface area contributed by atoms with Gasteiger partial charge in [-0.1, -0.05) is 6.07 Å². The van der Waals surface area contributed by atoms with Crippen molar-refractivity contribution in [2.24, 2.45) is 0 Å². The van der Waals surface area contributed by atoms with Crippen molar-refractivity contribution in [1.29, 1.82) is 0 Å². The van der Waals surface area contributed by atoms with Gasteiger partial charge in [-0.3, -0.25) is 4.98 Å². The number of rotatable bonds is 3. The van der Waals surface area contributed by atoms with Gasteiger partial charge in [0.1, 0.15) is 0 Å². The Hall–Kier alpha value is -0.460. The molecule has 4 heteroatoms. The number of aliphatic hydroxyl groups excluding tert-OH is 1. The first-order valence-electron chi connectivity index (χ1n) is 4.99. The first kappa shape index (κ1) is 12.0. The van der Waals surface area contributed by atoms with Crippen molar-refractivity contribution in [3.8, 4) is 0 Å². The van der Waals surface area contributed by atoms with Gasteiger partial charge in [-0.2, -0.15) is 0 Å². The normalized spacial score (nSPS) is 12.7. The van der Waals surface area contributed by atoms with Gasteiger partial charge in [-0.15, -0.1) is 11.3 Å². The van der Waals surface area contributed by atoms with Crippen LogP contribution in [0.25, 0.3) is 0 Å². The molecule has 0 spiro atoms. The minimum absolute atomic E-state index is 0.451. The first-order chi connectivity index (χ1) is 7.66. The molecule has 2 aromatic heterocycles. The Labute approximate surface area is 112 Å². The lowest BCUT2D eigenvalue weighted by atomic mass is 10.1. The molecule has 0 aliphatic rings. The lowest BCUT2D eigenvalue weighted by molar-refractivity contribution is 0.177. The summed E-state index contributed by atoms with van der Waals surface area (Å²) in [6.45, 7) is 2.02. The quantitative estimate of drug-likeness (QED) is 0.866. The molecule has 0 aliphatic heterocycles. The minimum atomic E-state index is -0.451. The number of aromatic nitrogens is 1. The summed E-state index contributed by atoms with van der Waals surface area (Å²) >= 11 is 3.92. The number of aryl methyl sites for hydroxylation is 1. The number of halogens is 1. The smallest absolute Gasteiger partial charge is 0.0853 e. The zero-order valence-electron chi connectivity index (χ0n) is 8.85. The topological polar surface area (TPSA) is 33.1 Å². The highest BCUT2D eigenvalue weighted by Crippen LogP contribution is 2.25. The Morgan fingerprint density at radius 2 is 2.38 bits per heavy atom. The monoisotopic (exact) mass is 345 g/mol. The highest BCUT2D eigenvalue weighted by Gasteiger charge is 2.12. The molecule has 0 aliphatic carbocycles. The number of thiophene rings is 1. The standard InChI is InChI=1S/C12H12INOS/c1-8-3-2-4-14-10(8)6-11(15)9-5-12(13)16-7-9/h2-5,7,11,15H,6H2,1H3. The van der Waals surface area contributed by atoms with Crippen molar-refractivity contribution >= 4 is 33.9 Å². The third-order valence-electron chi connectivity index (χ3n) is 2.48. The second-order valence-corrected chi connectivity index (χ2v) is 6.48. The third kappa shape index (κ3) is 2.81. The van der Waals surface area contributed by atoms with E-state index >= 15 is 0 Å². The van der Waals surface area contributed by atoms with E-state index in [9.17, 15) is 5.11 Å². The van der Waals surface area contributed by atoms with Crippen LogP contribution in [0.5, 0.6) is 0 Å². The van der Waals surface area contributed by atoms with Gasteiger partial charge in [0.05, 0.1) is 8.99 Å². The lowest BCUT2D eigenvalue weighted by Gasteiger charge is -2.09. The van der Waals surface area contributed by atoms with Gasteiger partial charge in [0.2, 0.25) is 0 Å². The molecule has 2 heterocycles. The molecule has 1 N–H and O–H groups in total. The van der Waals surface area contributed by atoms with E-state index in [2.05, 4.69) is 27.6 Å². The van der Waals surface area contributed by atoms with Crippen LogP contribution in [0.4, 0.5) is 0 Å². The van der Waals surface area contributed by atoms with Crippen molar-refractivity contribution in [1.82, 2.24) is 4.98 Å². The van der Waals surface area contributed by atoms with Crippen LogP contribution in [0.15, 0.2) is 29.8 Å². The number of nitrogens with zero attached hydrogens (tertiary/aromatic N) is 1. The maximum absolute atomic E-state index is 10.1. The predicted octanol–water partition coefficient (Wildman–Crippen LogP) is 3.33. The summed E-state index contributed by atoms with van der Waals surface area (Å²) < 4.78 is 1.20. The molecule has 2 nitrogen and oxygen atoms in total. The number of pyridine rings is 1. The van der Waals surface area contributed by atoms with Crippen molar-refractivity contribution in [2.45, 2.75) is 19.4 Å². The average molecular weight is 345 g/mol. The maximum Gasteiger partial charge on any atom is 0.0853 e. The van der Waals surface area contributed by atoms with E-state index in [4.69, 9.17) is 0 Å². The highest BCUT2D eigenvalue weighted by atomic mass is 127. The van der Waals surface area contributed by atoms with E-state index in [-0.39, 0.29) is 0 Å². The predicted molar refractivity (Wildman–Crippen MR) is 74.7 cm³/mol. The first-order valence-corrected chi connectivity index (χ1v) is 6.95. The Morgan fingerprint density at radius 3 is 3.00 bits per heavy atom. The molecular weight excluding hydrogens is 333 g/mol. The van der Waals surface area contributed by atoms with Crippen LogP contribution in [-0.4, -0.2) is 10.1 Å². The number of hydrogen-bond acceptors (Lipinski definition) is 3. The van der Waals surface area contributed by atoms with Gasteiger partial charge in [-0.25, -0.2) is 0 Å². The van der Waals surface area contributed by atoms with Crippen LogP contribution >= 0.6 is 33.9 Å². The summed E-state index contributed by atoms with van der Waals surface area (Å²) in [5, 5.41) is 12.1. The fraction of sp³-hybridized carbons (Fsp3) is 0.250. The van der Waals surface area contributed by atoms with E-state index in [1.807, 2.05) is 30.5 Å². The summed E-state index contributed by atoms with van der Waals surface area (Å²) in [5.41, 5.74) is 3.09. The molecule has 2 aromatic rings. The number of hydrogen-bond donors (Lipinski definition) is 1. The van der Waals surface area contributed by atoms with E-state index in [0.29, 0.717) is 6.42 Å². The molecule has 1 unspecified atom stereocenters. The van der Waals surface area contributed by atoms with Crippen LogP contribution < -0.4 is 0 Å². The molecule has 0 aromatic carbocycles. The molecule has 0 radical (unpaired) electrons. The van der Waals surface area contributed by atoms with Gasteiger partial charge < -0.3 is 5.11 Å². The zero-order valence-corrected chi connectivity index (χ0v) is 11.8. The molecule has 0 amide bonds. The van der Waals surface area contributed by atoms with Crippen molar-refractivity contribution in [3.05, 3.63) is 49.5 Å². The average Bonchev–Trinajstić information content (AvgIpc) is 2.68. The summed E-state index contributed by atoms with van der Waals surface area (Å²) in [6, 6.07) is 5.96. The van der Waals surface area contributed by atoms with Gasteiger partial charge in [0.15, 0.2) is 0 Å². The van der Waals surface area contributed by atoms with E-state index in [1.165, 1.54) is 2.88 Å². The minimum Gasteiger partial charge on any atom is -0.388 e. The second kappa shape index (κ2) is 5.25. The Morgan fingerprint density at radius 1 is 1.56 bits per heavy atom. The Kier molecular flexibility index (Phi) is 3.94. The third-order valence-corrected chi connectivity index (χ3v) is 4.28. The summed E-state index contributed by atoms with van der Waals surface area (Å²) in [5.74, 6) is 0. The van der Waals surface area contributed by atoms with E-state index in [0.717, 1.165) is 16.8 Å². The van der Waals surface area contributed by atoms with E-state index in [1.54, 1.807) is 17.5 Å². The summed E-state index contributed by atoms with van der Waals surface area (Å²) in [7, 11) is 0. The summed E-state index contributed by atoms with van der Waals surface area (Å²) in [4.78, 5) is 4.29.